The van der Waals surface area contributed by atoms with Gasteiger partial charge in [-0.05, 0) is 83.9 Å². The van der Waals surface area contributed by atoms with E-state index in [0.717, 1.165) is 19.3 Å². The Morgan fingerprint density at radius 1 is 0.765 bits per heavy atom. The molecule has 4 nitrogen and oxygen atoms in total. The predicted molar refractivity (Wildman–Crippen MR) is 135 cm³/mol. The molecule has 194 valence electrons. The molecule has 34 heavy (non-hydrogen) atoms. The molecule has 0 heterocycles. The van der Waals surface area contributed by atoms with Crippen molar-refractivity contribution in [1.29, 1.82) is 0 Å². The van der Waals surface area contributed by atoms with E-state index in [1.54, 1.807) is 0 Å². The van der Waals surface area contributed by atoms with Crippen molar-refractivity contribution in [3.63, 3.8) is 0 Å². The molecule has 0 aromatic heterocycles. The summed E-state index contributed by atoms with van der Waals surface area (Å²) in [5, 5.41) is 45.4. The fourth-order valence-electron chi connectivity index (χ4n) is 10.7. The molecule has 5 aliphatic rings. The number of fused-ring (bicyclic) bond motifs is 7. The van der Waals surface area contributed by atoms with Crippen LogP contribution in [-0.4, -0.2) is 44.8 Å². The Kier molecular flexibility index (Phi) is 5.28. The van der Waals surface area contributed by atoms with Crippen LogP contribution in [0.4, 0.5) is 0 Å². The SMILES string of the molecule is CC1(C)CC[C@]2(C)CC[C@]3(C)C(=C[C@@H](O)[C@@H]4[C@@]5(C)[C@H](O)[C@@H](O)[C@H](O)C(C)(C)[C@@H]5CC[C@]43C)[C@@H]2C1. The Morgan fingerprint density at radius 3 is 2.03 bits per heavy atom. The van der Waals surface area contributed by atoms with Crippen LogP contribution < -0.4 is 0 Å². The normalized spacial score (nSPS) is 58.0. The van der Waals surface area contributed by atoms with Gasteiger partial charge < -0.3 is 20.4 Å². The lowest BCUT2D eigenvalue weighted by Crippen LogP contribution is -2.73. The Bertz CT molecular complexity index is 892. The third-order valence-electron chi connectivity index (χ3n) is 13.1. The molecule has 4 heteroatoms. The molecule has 0 aromatic rings. The molecular formula is C30H50O4. The first kappa shape index (κ1) is 25.2. The molecular weight excluding hydrogens is 424 g/mol. The molecule has 0 aromatic carbocycles. The fourth-order valence-corrected chi connectivity index (χ4v) is 10.7. The summed E-state index contributed by atoms with van der Waals surface area (Å²) in [5.41, 5.74) is 0.686. The van der Waals surface area contributed by atoms with E-state index in [1.807, 2.05) is 13.8 Å². The first-order valence-electron chi connectivity index (χ1n) is 13.9. The van der Waals surface area contributed by atoms with Crippen molar-refractivity contribution >= 4 is 0 Å². The summed E-state index contributed by atoms with van der Waals surface area (Å²) < 4.78 is 0. The van der Waals surface area contributed by atoms with Crippen LogP contribution in [0.15, 0.2) is 11.6 Å². The van der Waals surface area contributed by atoms with Gasteiger partial charge in [0.05, 0.1) is 18.3 Å². The zero-order chi connectivity index (χ0) is 25.3. The number of aliphatic hydroxyl groups excluding tert-OH is 4. The van der Waals surface area contributed by atoms with E-state index in [1.165, 1.54) is 31.3 Å². The van der Waals surface area contributed by atoms with Crippen molar-refractivity contribution in [3.8, 4) is 0 Å². The highest BCUT2D eigenvalue weighted by Crippen LogP contribution is 2.75. The molecule has 5 rings (SSSR count). The van der Waals surface area contributed by atoms with Crippen molar-refractivity contribution in [2.45, 2.75) is 125 Å². The first-order chi connectivity index (χ1) is 15.5. The number of allylic oxidation sites excluding steroid dienone is 1. The van der Waals surface area contributed by atoms with Gasteiger partial charge in [0.1, 0.15) is 6.10 Å². The van der Waals surface area contributed by atoms with Gasteiger partial charge in [0.25, 0.3) is 0 Å². The molecule has 0 saturated heterocycles. The highest BCUT2D eigenvalue weighted by Gasteiger charge is 2.72. The molecule has 11 atom stereocenters. The zero-order valence-electron chi connectivity index (χ0n) is 22.9. The van der Waals surface area contributed by atoms with Gasteiger partial charge in [-0.15, -0.1) is 0 Å². The Labute approximate surface area is 207 Å². The minimum atomic E-state index is -1.20. The van der Waals surface area contributed by atoms with E-state index >= 15 is 0 Å². The van der Waals surface area contributed by atoms with Crippen LogP contribution in [0.5, 0.6) is 0 Å². The number of hydrogen-bond donors (Lipinski definition) is 4. The third-order valence-corrected chi connectivity index (χ3v) is 13.1. The van der Waals surface area contributed by atoms with Gasteiger partial charge in [-0.25, -0.2) is 0 Å². The molecule has 4 saturated carbocycles. The Morgan fingerprint density at radius 2 is 1.38 bits per heavy atom. The second kappa shape index (κ2) is 7.11. The van der Waals surface area contributed by atoms with Crippen LogP contribution in [0.3, 0.4) is 0 Å². The zero-order valence-corrected chi connectivity index (χ0v) is 22.9. The fraction of sp³-hybridized carbons (Fsp3) is 0.933. The summed E-state index contributed by atoms with van der Waals surface area (Å²) in [5.74, 6) is 0.361. The minimum Gasteiger partial charge on any atom is -0.390 e. The maximum atomic E-state index is 11.9. The lowest BCUT2D eigenvalue weighted by atomic mass is 9.32. The summed E-state index contributed by atoms with van der Waals surface area (Å²) in [6.45, 7) is 18.3. The minimum absolute atomic E-state index is 0.0298. The lowest BCUT2D eigenvalue weighted by molar-refractivity contribution is -0.290. The van der Waals surface area contributed by atoms with Crippen molar-refractivity contribution < 1.29 is 20.4 Å². The van der Waals surface area contributed by atoms with E-state index in [4.69, 9.17) is 0 Å². The van der Waals surface area contributed by atoms with Crippen LogP contribution >= 0.6 is 0 Å². The second-order valence-electron chi connectivity index (χ2n) is 15.6. The standard InChI is InChI=1S/C30H50O4/c1-25(2)11-12-27(5)13-14-28(6)17(18(27)16-25)15-19(31)22-29(28,7)10-9-20-26(3,4)23(33)21(32)24(34)30(20,22)8/h15,18-24,31-34H,9-14,16H2,1-8H3/t18-,19+,20-,21-,22-,23-,24+,27+,28+,29+,30-/m0/s1. The molecule has 0 unspecified atom stereocenters. The van der Waals surface area contributed by atoms with Crippen molar-refractivity contribution in [1.82, 2.24) is 0 Å². The summed E-state index contributed by atoms with van der Waals surface area (Å²) in [7, 11) is 0. The quantitative estimate of drug-likeness (QED) is 0.369. The highest BCUT2D eigenvalue weighted by molar-refractivity contribution is 5.36. The molecule has 4 N–H and O–H groups in total. The van der Waals surface area contributed by atoms with Crippen LogP contribution in [0.1, 0.15) is 100 Å². The van der Waals surface area contributed by atoms with Gasteiger partial charge in [-0.1, -0.05) is 67.0 Å². The summed E-state index contributed by atoms with van der Waals surface area (Å²) >= 11 is 0. The number of rotatable bonds is 0. The third kappa shape index (κ3) is 2.86. The van der Waals surface area contributed by atoms with E-state index in [9.17, 15) is 20.4 Å². The smallest absolute Gasteiger partial charge is 0.107 e. The van der Waals surface area contributed by atoms with Gasteiger partial charge >= 0.3 is 0 Å². The van der Waals surface area contributed by atoms with Gasteiger partial charge in [-0.2, -0.15) is 0 Å². The van der Waals surface area contributed by atoms with Crippen LogP contribution in [0, 0.1) is 50.2 Å². The highest BCUT2D eigenvalue weighted by atomic mass is 16.4. The molecule has 0 amide bonds. The van der Waals surface area contributed by atoms with Gasteiger partial charge in [0.2, 0.25) is 0 Å². The summed E-state index contributed by atoms with van der Waals surface area (Å²) in [6.07, 6.45) is 6.27. The monoisotopic (exact) mass is 474 g/mol. The number of aliphatic hydroxyl groups is 4. The molecule has 0 radical (unpaired) electrons. The average Bonchev–Trinajstić information content (AvgIpc) is 2.73. The molecule has 0 bridgehead atoms. The summed E-state index contributed by atoms with van der Waals surface area (Å²) in [4.78, 5) is 0. The van der Waals surface area contributed by atoms with Crippen molar-refractivity contribution in [2.75, 3.05) is 0 Å². The van der Waals surface area contributed by atoms with Gasteiger partial charge in [0, 0.05) is 11.3 Å². The van der Waals surface area contributed by atoms with Gasteiger partial charge in [-0.3, -0.25) is 0 Å². The summed E-state index contributed by atoms with van der Waals surface area (Å²) in [6, 6.07) is 0. The van der Waals surface area contributed by atoms with E-state index in [0.29, 0.717) is 16.7 Å². The first-order valence-corrected chi connectivity index (χ1v) is 13.9. The van der Waals surface area contributed by atoms with E-state index in [2.05, 4.69) is 47.6 Å². The maximum absolute atomic E-state index is 11.9. The van der Waals surface area contributed by atoms with Crippen molar-refractivity contribution in [2.24, 2.45) is 50.2 Å². The Balaban J connectivity index is 1.66. The largest absolute Gasteiger partial charge is 0.390 e. The lowest BCUT2D eigenvalue weighted by Gasteiger charge is -2.73. The topological polar surface area (TPSA) is 80.9 Å². The molecule has 0 aliphatic heterocycles. The van der Waals surface area contributed by atoms with E-state index in [-0.39, 0.29) is 22.7 Å². The maximum Gasteiger partial charge on any atom is 0.107 e. The Hall–Kier alpha value is -0.420. The van der Waals surface area contributed by atoms with Crippen LogP contribution in [0.2, 0.25) is 0 Å². The number of hydrogen-bond acceptors (Lipinski definition) is 4. The predicted octanol–water partition coefficient (Wildman–Crippen LogP) is 5.08. The molecule has 5 aliphatic carbocycles. The molecule has 0 spiro atoms. The van der Waals surface area contributed by atoms with Crippen molar-refractivity contribution in [3.05, 3.63) is 11.6 Å². The average molecular weight is 475 g/mol. The van der Waals surface area contributed by atoms with Crippen LogP contribution in [0.25, 0.3) is 0 Å². The van der Waals surface area contributed by atoms with E-state index < -0.39 is 35.2 Å². The second-order valence-corrected chi connectivity index (χ2v) is 15.6. The molecule has 4 fully saturated rings. The van der Waals surface area contributed by atoms with Crippen LogP contribution in [-0.2, 0) is 0 Å². The van der Waals surface area contributed by atoms with Gasteiger partial charge in [0.15, 0.2) is 0 Å².